The van der Waals surface area contributed by atoms with Crippen LogP contribution in [0.15, 0.2) is 54.6 Å². The molecule has 0 aliphatic rings. The predicted octanol–water partition coefficient (Wildman–Crippen LogP) is 5.39. The molecule has 0 aromatic heterocycles. The van der Waals surface area contributed by atoms with E-state index in [1.807, 2.05) is 19.9 Å². The van der Waals surface area contributed by atoms with E-state index in [-0.39, 0.29) is 5.92 Å². The first-order valence-electron chi connectivity index (χ1n) is 7.40. The molecule has 0 amide bonds. The Balaban J connectivity index is 0.000000956. The Kier molecular flexibility index (Phi) is 7.34. The molecule has 0 aliphatic heterocycles. The molecule has 2 aromatic carbocycles. The standard InChI is InChI=1S/C17H19N.C2H6/c1-14-7-10-16(11-8-14)17(13-18)12-9-15-5-3-2-4-6-15;1-2/h2-8,10-11,13,17-18H,9,12H2,1H3;1-2H3. The lowest BCUT2D eigenvalue weighted by molar-refractivity contribution is 0.773. The van der Waals surface area contributed by atoms with Crippen LogP contribution in [0.2, 0.25) is 0 Å². The van der Waals surface area contributed by atoms with Crippen molar-refractivity contribution in [1.82, 2.24) is 0 Å². The molecule has 0 saturated carbocycles. The average Bonchev–Trinajstić information content (AvgIpc) is 2.52. The maximum atomic E-state index is 7.59. The maximum absolute atomic E-state index is 7.59. The van der Waals surface area contributed by atoms with E-state index >= 15 is 0 Å². The van der Waals surface area contributed by atoms with Crippen molar-refractivity contribution in [3.05, 3.63) is 71.3 Å². The van der Waals surface area contributed by atoms with Gasteiger partial charge in [0.15, 0.2) is 0 Å². The van der Waals surface area contributed by atoms with Gasteiger partial charge in [0.1, 0.15) is 0 Å². The molecular weight excluding hydrogens is 242 g/mol. The van der Waals surface area contributed by atoms with Crippen LogP contribution in [0.25, 0.3) is 0 Å². The van der Waals surface area contributed by atoms with Gasteiger partial charge in [-0.3, -0.25) is 0 Å². The number of hydrogen-bond acceptors (Lipinski definition) is 1. The van der Waals surface area contributed by atoms with E-state index in [0.29, 0.717) is 0 Å². The molecule has 1 N–H and O–H groups in total. The first-order chi connectivity index (χ1) is 9.79. The van der Waals surface area contributed by atoms with Crippen LogP contribution in [0, 0.1) is 12.3 Å². The minimum Gasteiger partial charge on any atom is -0.312 e. The molecule has 2 rings (SSSR count). The molecular formula is C19H25N. The highest BCUT2D eigenvalue weighted by atomic mass is 14.4. The zero-order chi connectivity index (χ0) is 14.8. The highest BCUT2D eigenvalue weighted by Crippen LogP contribution is 2.20. The summed E-state index contributed by atoms with van der Waals surface area (Å²) in [7, 11) is 0. The van der Waals surface area contributed by atoms with Gasteiger partial charge in [0.2, 0.25) is 0 Å². The smallest absolute Gasteiger partial charge is 0.0189 e. The van der Waals surface area contributed by atoms with Crippen molar-refractivity contribution in [2.75, 3.05) is 0 Å². The summed E-state index contributed by atoms with van der Waals surface area (Å²) in [5, 5.41) is 7.59. The minimum atomic E-state index is 0.228. The Morgan fingerprint density at radius 3 is 2.10 bits per heavy atom. The predicted molar refractivity (Wildman–Crippen MR) is 88.8 cm³/mol. The SMILES string of the molecule is CC.Cc1ccc(C(C=N)CCc2ccccc2)cc1. The second kappa shape index (κ2) is 9.08. The maximum Gasteiger partial charge on any atom is 0.0189 e. The summed E-state index contributed by atoms with van der Waals surface area (Å²) in [6.45, 7) is 6.09. The van der Waals surface area contributed by atoms with E-state index in [1.54, 1.807) is 6.21 Å². The van der Waals surface area contributed by atoms with Crippen LogP contribution in [-0.2, 0) is 6.42 Å². The van der Waals surface area contributed by atoms with Gasteiger partial charge in [-0.1, -0.05) is 74.0 Å². The van der Waals surface area contributed by atoms with Crippen molar-refractivity contribution < 1.29 is 0 Å². The summed E-state index contributed by atoms with van der Waals surface area (Å²) in [5.74, 6) is 0.228. The lowest BCUT2D eigenvalue weighted by Gasteiger charge is -2.12. The Hall–Kier alpha value is -1.89. The molecule has 1 atom stereocenters. The highest BCUT2D eigenvalue weighted by molar-refractivity contribution is 5.64. The third kappa shape index (κ3) is 5.00. The van der Waals surface area contributed by atoms with E-state index in [0.717, 1.165) is 12.8 Å². The van der Waals surface area contributed by atoms with Crippen LogP contribution < -0.4 is 0 Å². The first kappa shape index (κ1) is 16.2. The Bertz CT molecular complexity index is 485. The Labute approximate surface area is 123 Å². The summed E-state index contributed by atoms with van der Waals surface area (Å²) in [4.78, 5) is 0. The van der Waals surface area contributed by atoms with Gasteiger partial charge in [0.25, 0.3) is 0 Å². The molecule has 20 heavy (non-hydrogen) atoms. The third-order valence-corrected chi connectivity index (χ3v) is 3.29. The van der Waals surface area contributed by atoms with Gasteiger partial charge >= 0.3 is 0 Å². The van der Waals surface area contributed by atoms with Crippen molar-refractivity contribution in [1.29, 1.82) is 5.41 Å². The lowest BCUT2D eigenvalue weighted by atomic mass is 9.93. The largest absolute Gasteiger partial charge is 0.312 e. The fourth-order valence-electron chi connectivity index (χ4n) is 2.13. The molecule has 106 valence electrons. The van der Waals surface area contributed by atoms with E-state index < -0.39 is 0 Å². The van der Waals surface area contributed by atoms with E-state index in [4.69, 9.17) is 5.41 Å². The van der Waals surface area contributed by atoms with Crippen molar-refractivity contribution in [2.24, 2.45) is 0 Å². The van der Waals surface area contributed by atoms with Gasteiger partial charge in [-0.2, -0.15) is 0 Å². The van der Waals surface area contributed by atoms with Crippen molar-refractivity contribution >= 4 is 6.21 Å². The van der Waals surface area contributed by atoms with Gasteiger partial charge < -0.3 is 5.41 Å². The van der Waals surface area contributed by atoms with Gasteiger partial charge in [-0.25, -0.2) is 0 Å². The van der Waals surface area contributed by atoms with Gasteiger partial charge in [0.05, 0.1) is 0 Å². The zero-order valence-corrected chi connectivity index (χ0v) is 12.8. The first-order valence-corrected chi connectivity index (χ1v) is 7.40. The number of aryl methyl sites for hydroxylation is 2. The molecule has 2 aromatic rings. The summed E-state index contributed by atoms with van der Waals surface area (Å²) >= 11 is 0. The highest BCUT2D eigenvalue weighted by Gasteiger charge is 2.08. The second-order valence-corrected chi connectivity index (χ2v) is 4.71. The van der Waals surface area contributed by atoms with Gasteiger partial charge in [-0.05, 0) is 30.9 Å². The average molecular weight is 267 g/mol. The monoisotopic (exact) mass is 267 g/mol. The fraction of sp³-hybridized carbons (Fsp3) is 0.316. The van der Waals surface area contributed by atoms with Crippen LogP contribution in [-0.4, -0.2) is 6.21 Å². The van der Waals surface area contributed by atoms with E-state index in [9.17, 15) is 0 Å². The van der Waals surface area contributed by atoms with E-state index in [1.165, 1.54) is 16.7 Å². The summed E-state index contributed by atoms with van der Waals surface area (Å²) < 4.78 is 0. The summed E-state index contributed by atoms with van der Waals surface area (Å²) in [6.07, 6.45) is 3.58. The Morgan fingerprint density at radius 2 is 1.55 bits per heavy atom. The molecule has 0 radical (unpaired) electrons. The summed E-state index contributed by atoms with van der Waals surface area (Å²) in [6, 6.07) is 19.0. The van der Waals surface area contributed by atoms with Crippen LogP contribution in [0.5, 0.6) is 0 Å². The van der Waals surface area contributed by atoms with Crippen molar-refractivity contribution in [3.8, 4) is 0 Å². The topological polar surface area (TPSA) is 23.9 Å². The second-order valence-electron chi connectivity index (χ2n) is 4.71. The van der Waals surface area contributed by atoms with Crippen molar-refractivity contribution in [3.63, 3.8) is 0 Å². The number of rotatable bonds is 5. The number of benzene rings is 2. The minimum absolute atomic E-state index is 0.228. The molecule has 0 bridgehead atoms. The molecule has 1 nitrogen and oxygen atoms in total. The molecule has 0 fully saturated rings. The van der Waals surface area contributed by atoms with Gasteiger partial charge in [0, 0.05) is 12.1 Å². The van der Waals surface area contributed by atoms with E-state index in [2.05, 4.69) is 55.5 Å². The van der Waals surface area contributed by atoms with Crippen LogP contribution in [0.1, 0.15) is 42.9 Å². The molecule has 1 heteroatoms. The third-order valence-electron chi connectivity index (χ3n) is 3.29. The molecule has 0 spiro atoms. The lowest BCUT2D eigenvalue weighted by Crippen LogP contribution is -2.02. The number of nitrogens with one attached hydrogen (secondary N) is 1. The van der Waals surface area contributed by atoms with Gasteiger partial charge in [-0.15, -0.1) is 0 Å². The quantitative estimate of drug-likeness (QED) is 0.703. The van der Waals surface area contributed by atoms with Crippen LogP contribution >= 0.6 is 0 Å². The van der Waals surface area contributed by atoms with Crippen LogP contribution in [0.4, 0.5) is 0 Å². The normalized spacial score (nSPS) is 11.2. The fourth-order valence-corrected chi connectivity index (χ4v) is 2.13. The van der Waals surface area contributed by atoms with Crippen molar-refractivity contribution in [2.45, 2.75) is 39.5 Å². The summed E-state index contributed by atoms with van der Waals surface area (Å²) in [5.41, 5.74) is 3.86. The molecule has 0 heterocycles. The molecule has 1 unspecified atom stereocenters. The Morgan fingerprint density at radius 1 is 0.950 bits per heavy atom. The number of hydrogen-bond donors (Lipinski definition) is 1. The molecule has 0 aliphatic carbocycles. The zero-order valence-electron chi connectivity index (χ0n) is 12.8. The van der Waals surface area contributed by atoms with Crippen LogP contribution in [0.3, 0.4) is 0 Å². The molecule has 0 saturated heterocycles.